The maximum absolute atomic E-state index is 5.56. The standard InChI is InChI=1S/C58H34N4S/c1-3-15-37(16-4-1)55-46-29-24-35-13-7-9-19-41(35)56(46)60-58(59-55)62-52-32-39(38-26-30-51-47(31-38)43-21-11-12-22-50(43)61(51)40-17-5-2-6-18-40)25-27-44(52)48-33-49-45-28-23-36-14-8-10-20-42(36)57(45)63-54(49)34-53(48)62/h1-34H. The molecule has 14 rings (SSSR count). The second-order valence-corrected chi connectivity index (χ2v) is 17.6. The Hall–Kier alpha value is -8.12. The van der Waals surface area contributed by atoms with E-state index in [2.05, 4.69) is 215 Å². The highest BCUT2D eigenvalue weighted by atomic mass is 32.1. The Bertz CT molecular complexity index is 4200. The van der Waals surface area contributed by atoms with Gasteiger partial charge in [-0.15, -0.1) is 11.3 Å². The monoisotopic (exact) mass is 818 g/mol. The quantitative estimate of drug-likeness (QED) is 0.166. The van der Waals surface area contributed by atoms with Crippen LogP contribution in [0.15, 0.2) is 206 Å². The summed E-state index contributed by atoms with van der Waals surface area (Å²) in [5.74, 6) is 0.655. The van der Waals surface area contributed by atoms with Crippen molar-refractivity contribution in [3.63, 3.8) is 0 Å². The van der Waals surface area contributed by atoms with Gasteiger partial charge in [-0.2, -0.15) is 0 Å². The predicted molar refractivity (Wildman–Crippen MR) is 267 cm³/mol. The van der Waals surface area contributed by atoms with Gasteiger partial charge in [-0.3, -0.25) is 4.57 Å². The Labute approximate surface area is 365 Å². The van der Waals surface area contributed by atoms with E-state index in [4.69, 9.17) is 9.97 Å². The van der Waals surface area contributed by atoms with Crippen LogP contribution in [0, 0.1) is 0 Å². The molecule has 4 nitrogen and oxygen atoms in total. The number of rotatable bonds is 4. The third-order valence-corrected chi connectivity index (χ3v) is 14.3. The van der Waals surface area contributed by atoms with E-state index in [0.717, 1.165) is 60.8 Å². The van der Waals surface area contributed by atoms with E-state index in [1.165, 1.54) is 63.5 Å². The van der Waals surface area contributed by atoms with Crippen molar-refractivity contribution in [3.8, 4) is 34.0 Å². The summed E-state index contributed by atoms with van der Waals surface area (Å²) in [6.07, 6.45) is 0. The molecule has 0 N–H and O–H groups in total. The summed E-state index contributed by atoms with van der Waals surface area (Å²) in [6.45, 7) is 0. The summed E-state index contributed by atoms with van der Waals surface area (Å²) >= 11 is 1.87. The lowest BCUT2D eigenvalue weighted by atomic mass is 10.0. The fraction of sp³-hybridized carbons (Fsp3) is 0. The van der Waals surface area contributed by atoms with Gasteiger partial charge >= 0.3 is 0 Å². The molecule has 0 bridgehead atoms. The third-order valence-electron chi connectivity index (χ3n) is 13.1. The molecule has 63 heavy (non-hydrogen) atoms. The van der Waals surface area contributed by atoms with Crippen LogP contribution in [0.1, 0.15) is 0 Å². The molecule has 0 radical (unpaired) electrons. The lowest BCUT2D eigenvalue weighted by Crippen LogP contribution is -2.04. The Balaban J connectivity index is 1.07. The minimum atomic E-state index is 0.655. The lowest BCUT2D eigenvalue weighted by molar-refractivity contribution is 1.02. The first-order valence-corrected chi connectivity index (χ1v) is 22.2. The smallest absolute Gasteiger partial charge is 0.235 e. The molecule has 0 amide bonds. The molecule has 0 saturated heterocycles. The summed E-state index contributed by atoms with van der Waals surface area (Å²) in [5, 5.41) is 13.2. The molecule has 292 valence electrons. The molecule has 4 heterocycles. The molecule has 5 heteroatoms. The summed E-state index contributed by atoms with van der Waals surface area (Å²) in [6, 6.07) is 74.8. The van der Waals surface area contributed by atoms with Gasteiger partial charge in [0.15, 0.2) is 0 Å². The predicted octanol–water partition coefficient (Wildman–Crippen LogP) is 15.8. The van der Waals surface area contributed by atoms with Crippen LogP contribution in [0.5, 0.6) is 0 Å². The number of benzene rings is 10. The van der Waals surface area contributed by atoms with Crippen LogP contribution in [0.4, 0.5) is 0 Å². The van der Waals surface area contributed by atoms with Crippen molar-refractivity contribution in [1.29, 1.82) is 0 Å². The van der Waals surface area contributed by atoms with Gasteiger partial charge in [0.1, 0.15) is 0 Å². The normalized spacial score (nSPS) is 12.1. The molecule has 10 aromatic carbocycles. The van der Waals surface area contributed by atoms with E-state index < -0.39 is 0 Å². The van der Waals surface area contributed by atoms with Gasteiger partial charge in [-0.1, -0.05) is 152 Å². The van der Waals surface area contributed by atoms with Crippen molar-refractivity contribution in [2.24, 2.45) is 0 Å². The highest BCUT2D eigenvalue weighted by Crippen LogP contribution is 2.44. The van der Waals surface area contributed by atoms with Gasteiger partial charge in [-0.05, 0) is 81.9 Å². The first-order valence-electron chi connectivity index (χ1n) is 21.4. The third kappa shape index (κ3) is 5.08. The van der Waals surface area contributed by atoms with Crippen LogP contribution in [-0.2, 0) is 0 Å². The van der Waals surface area contributed by atoms with E-state index in [-0.39, 0.29) is 0 Å². The SMILES string of the molecule is c1ccc(-c2nc(-n3c4cc(-c5ccc6c(c5)c5ccccc5n6-c5ccccc5)ccc4c4cc5c(cc43)sc3c4ccccc4ccc53)nc3c2ccc2ccccc23)cc1. The lowest BCUT2D eigenvalue weighted by Gasteiger charge is -2.13. The minimum Gasteiger partial charge on any atom is -0.309 e. The summed E-state index contributed by atoms with van der Waals surface area (Å²) < 4.78 is 7.26. The van der Waals surface area contributed by atoms with Gasteiger partial charge in [0.05, 0.1) is 33.3 Å². The highest BCUT2D eigenvalue weighted by molar-refractivity contribution is 7.26. The van der Waals surface area contributed by atoms with Gasteiger partial charge in [0, 0.05) is 63.7 Å². The zero-order chi connectivity index (χ0) is 41.2. The van der Waals surface area contributed by atoms with Crippen LogP contribution in [-0.4, -0.2) is 19.1 Å². The second kappa shape index (κ2) is 13.2. The number of para-hydroxylation sites is 2. The fourth-order valence-electron chi connectivity index (χ4n) is 10.2. The molecule has 0 aliphatic heterocycles. The summed E-state index contributed by atoms with van der Waals surface area (Å²) in [4.78, 5) is 11.1. The molecule has 0 spiro atoms. The minimum absolute atomic E-state index is 0.655. The van der Waals surface area contributed by atoms with E-state index in [9.17, 15) is 0 Å². The van der Waals surface area contributed by atoms with Crippen molar-refractivity contribution in [1.82, 2.24) is 19.1 Å². The van der Waals surface area contributed by atoms with Crippen molar-refractivity contribution < 1.29 is 0 Å². The van der Waals surface area contributed by atoms with Crippen molar-refractivity contribution >= 4 is 108 Å². The van der Waals surface area contributed by atoms with Crippen molar-refractivity contribution in [2.75, 3.05) is 0 Å². The van der Waals surface area contributed by atoms with Crippen molar-refractivity contribution in [2.45, 2.75) is 0 Å². The average molecular weight is 819 g/mol. The van der Waals surface area contributed by atoms with E-state index >= 15 is 0 Å². The van der Waals surface area contributed by atoms with Crippen LogP contribution in [0.3, 0.4) is 0 Å². The Morgan fingerprint density at radius 2 is 0.937 bits per heavy atom. The summed E-state index contributed by atoms with van der Waals surface area (Å²) in [5.41, 5.74) is 10.9. The average Bonchev–Trinajstić information content (AvgIpc) is 4.00. The van der Waals surface area contributed by atoms with Crippen LogP contribution < -0.4 is 0 Å². The van der Waals surface area contributed by atoms with E-state index in [1.54, 1.807) is 0 Å². The molecule has 0 saturated carbocycles. The molecule has 0 aliphatic carbocycles. The molecule has 0 aliphatic rings. The molecule has 0 unspecified atom stereocenters. The van der Waals surface area contributed by atoms with Crippen LogP contribution >= 0.6 is 11.3 Å². The van der Waals surface area contributed by atoms with E-state index in [1.807, 2.05) is 11.3 Å². The number of fused-ring (bicyclic) bond motifs is 14. The Morgan fingerprint density at radius 1 is 0.333 bits per heavy atom. The topological polar surface area (TPSA) is 35.6 Å². The van der Waals surface area contributed by atoms with E-state index in [0.29, 0.717) is 5.95 Å². The molecule has 0 atom stereocenters. The van der Waals surface area contributed by atoms with Crippen LogP contribution in [0.25, 0.3) is 130 Å². The molecular formula is C58H34N4S. The summed E-state index contributed by atoms with van der Waals surface area (Å²) in [7, 11) is 0. The van der Waals surface area contributed by atoms with Crippen molar-refractivity contribution in [3.05, 3.63) is 206 Å². The first-order chi connectivity index (χ1) is 31.2. The number of hydrogen-bond donors (Lipinski definition) is 0. The van der Waals surface area contributed by atoms with Gasteiger partial charge in [0.25, 0.3) is 0 Å². The van der Waals surface area contributed by atoms with Gasteiger partial charge in [0.2, 0.25) is 5.95 Å². The number of nitrogens with zero attached hydrogens (tertiary/aromatic N) is 4. The van der Waals surface area contributed by atoms with Gasteiger partial charge < -0.3 is 4.57 Å². The Morgan fingerprint density at radius 3 is 1.78 bits per heavy atom. The second-order valence-electron chi connectivity index (χ2n) is 16.5. The molecule has 4 aromatic heterocycles. The molecule has 14 aromatic rings. The number of aromatic nitrogens is 4. The Kier molecular flexibility index (Phi) is 7.24. The number of thiophene rings is 1. The molecule has 0 fully saturated rings. The largest absolute Gasteiger partial charge is 0.309 e. The number of hydrogen-bond acceptors (Lipinski definition) is 3. The van der Waals surface area contributed by atoms with Crippen LogP contribution in [0.2, 0.25) is 0 Å². The maximum atomic E-state index is 5.56. The highest BCUT2D eigenvalue weighted by Gasteiger charge is 2.22. The zero-order valence-electron chi connectivity index (χ0n) is 33.8. The zero-order valence-corrected chi connectivity index (χ0v) is 34.6. The van der Waals surface area contributed by atoms with Gasteiger partial charge in [-0.25, -0.2) is 9.97 Å². The first kappa shape index (κ1) is 34.6. The fourth-order valence-corrected chi connectivity index (χ4v) is 11.4. The molecular weight excluding hydrogens is 785 g/mol. The maximum Gasteiger partial charge on any atom is 0.235 e.